The Bertz CT molecular complexity index is 5290. The third-order valence-corrected chi connectivity index (χ3v) is 18.6. The van der Waals surface area contributed by atoms with Gasteiger partial charge >= 0.3 is 0 Å². The van der Waals surface area contributed by atoms with Gasteiger partial charge in [-0.1, -0.05) is 213 Å². The van der Waals surface area contributed by atoms with Crippen molar-refractivity contribution in [3.05, 3.63) is 337 Å². The number of hydrogen-bond donors (Lipinski definition) is 0. The summed E-state index contributed by atoms with van der Waals surface area (Å²) >= 11 is 0. The van der Waals surface area contributed by atoms with Crippen LogP contribution in [0.3, 0.4) is 0 Å². The Balaban J connectivity index is 0.765. The minimum atomic E-state index is 0.363. The predicted molar refractivity (Wildman–Crippen MR) is 397 cm³/mol. The van der Waals surface area contributed by atoms with Gasteiger partial charge in [-0.3, -0.25) is 0 Å². The van der Waals surface area contributed by atoms with Crippen LogP contribution in [0.25, 0.3) is 59.9 Å². The van der Waals surface area contributed by atoms with E-state index in [2.05, 4.69) is 337 Å². The highest BCUT2D eigenvalue weighted by atomic mass is 15.5. The smallest absolute Gasteiger partial charge is 0.243 e. The molecule has 95 heavy (non-hydrogen) atoms. The van der Waals surface area contributed by atoms with Crippen LogP contribution in [-0.4, -0.2) is 40.3 Å². The summed E-state index contributed by atoms with van der Waals surface area (Å²) in [5, 5.41) is 11.5. The third-order valence-electron chi connectivity index (χ3n) is 18.6. The lowest BCUT2D eigenvalue weighted by molar-refractivity contribution is 0.717. The maximum atomic E-state index is 5.28. The van der Waals surface area contributed by atoms with Gasteiger partial charge in [0, 0.05) is 66.2 Å². The van der Waals surface area contributed by atoms with Crippen molar-refractivity contribution in [3.63, 3.8) is 0 Å². The molecule has 14 aromatic rings. The van der Waals surface area contributed by atoms with Crippen LogP contribution in [0.1, 0.15) is 34.7 Å². The average molecular weight is 1220 g/mol. The zero-order valence-corrected chi connectivity index (χ0v) is 51.8. The van der Waals surface area contributed by atoms with Crippen LogP contribution in [0, 0.1) is 5.92 Å². The molecule has 448 valence electrons. The number of benzene rings is 14. The molecule has 1 aliphatic carbocycles. The Morgan fingerprint density at radius 2 is 0.558 bits per heavy atom. The molecule has 0 amide bonds. The Labute approximate surface area is 549 Å². The van der Waals surface area contributed by atoms with Crippen molar-refractivity contribution in [2.75, 3.05) is 14.7 Å². The van der Waals surface area contributed by atoms with Gasteiger partial charge in [-0.2, -0.15) is 30.0 Å². The number of rotatable bonds is 12. The number of amidine groups is 3. The molecular formula is C85H58N10. The molecule has 3 heterocycles. The van der Waals surface area contributed by atoms with Gasteiger partial charge in [0.25, 0.3) is 0 Å². The summed E-state index contributed by atoms with van der Waals surface area (Å²) in [5.41, 5.74) is 14.4. The molecule has 0 saturated heterocycles. The number of nitrogens with zero attached hydrogens (tertiary/aromatic N) is 10. The van der Waals surface area contributed by atoms with Crippen molar-refractivity contribution in [1.82, 2.24) is 4.90 Å². The molecule has 0 aromatic heterocycles. The summed E-state index contributed by atoms with van der Waals surface area (Å²) in [6.45, 7) is 2.28. The number of guanidine groups is 3. The van der Waals surface area contributed by atoms with E-state index in [0.717, 1.165) is 123 Å². The van der Waals surface area contributed by atoms with Crippen molar-refractivity contribution < 1.29 is 0 Å². The number of hydrogen-bond acceptors (Lipinski definition) is 10. The van der Waals surface area contributed by atoms with Gasteiger partial charge < -0.3 is 14.7 Å². The minimum Gasteiger partial charge on any atom is -0.309 e. The maximum Gasteiger partial charge on any atom is 0.243 e. The Morgan fingerprint density at radius 3 is 0.884 bits per heavy atom. The van der Waals surface area contributed by atoms with Gasteiger partial charge in [0.05, 0.1) is 34.1 Å². The van der Waals surface area contributed by atoms with E-state index in [4.69, 9.17) is 30.0 Å². The molecule has 1 atom stereocenters. The molecule has 4 aliphatic rings. The summed E-state index contributed by atoms with van der Waals surface area (Å²) in [5.74, 6) is 2.93. The first-order chi connectivity index (χ1) is 47.0. The zero-order chi connectivity index (χ0) is 62.9. The zero-order valence-electron chi connectivity index (χ0n) is 51.8. The number of fused-ring (bicyclic) bond motifs is 6. The number of allylic oxidation sites excluding steroid dienone is 1. The fraction of sp³-hybridized carbons (Fsp3) is 0.0353. The molecule has 1 unspecified atom stereocenters. The molecule has 0 radical (unpaired) electrons. The number of anilines is 9. The van der Waals surface area contributed by atoms with E-state index in [-0.39, 0.29) is 0 Å². The quantitative estimate of drug-likeness (QED) is 0.122. The fourth-order valence-corrected chi connectivity index (χ4v) is 14.0. The van der Waals surface area contributed by atoms with E-state index in [1.807, 2.05) is 0 Å². The van der Waals surface area contributed by atoms with Crippen LogP contribution in [0.15, 0.2) is 339 Å². The molecule has 3 aliphatic heterocycles. The molecule has 10 heteroatoms. The molecule has 10 nitrogen and oxygen atoms in total. The van der Waals surface area contributed by atoms with Crippen molar-refractivity contribution in [2.24, 2.45) is 35.9 Å². The molecule has 0 saturated carbocycles. The van der Waals surface area contributed by atoms with Crippen LogP contribution >= 0.6 is 0 Å². The molecule has 0 N–H and O–H groups in total. The lowest BCUT2D eigenvalue weighted by Crippen LogP contribution is -2.48. The predicted octanol–water partition coefficient (Wildman–Crippen LogP) is 21.1. The molecule has 14 aromatic carbocycles. The van der Waals surface area contributed by atoms with Crippen molar-refractivity contribution in [3.8, 4) is 0 Å². The summed E-state index contributed by atoms with van der Waals surface area (Å²) in [4.78, 5) is 40.5. The summed E-state index contributed by atoms with van der Waals surface area (Å²) in [6.07, 6.45) is 5.61. The van der Waals surface area contributed by atoms with Crippen LogP contribution in [-0.2, 0) is 6.42 Å². The summed E-state index contributed by atoms with van der Waals surface area (Å²) < 4.78 is 0. The Morgan fingerprint density at radius 1 is 0.284 bits per heavy atom. The van der Waals surface area contributed by atoms with Crippen molar-refractivity contribution in [2.45, 2.75) is 13.3 Å². The SMILES string of the molecule is CC1C=Cc2c(cccc2N(c2ccc(C3=NC4=NC(c5ccc(N(c6cccc7ccccc67)c6cccc7ccccc67)cc5)=NC5=NC(c6ccc(N(c7cccc8ccccc78)c7cccc8ccccc78)cc6)=NC(=N3)N45)cc2)c2cccc3ccccc23)C1. The first-order valence-corrected chi connectivity index (χ1v) is 32.2. The van der Waals surface area contributed by atoms with Crippen LogP contribution in [0.4, 0.5) is 51.2 Å². The first kappa shape index (κ1) is 55.2. The van der Waals surface area contributed by atoms with Crippen LogP contribution in [0.5, 0.6) is 0 Å². The topological polar surface area (TPSA) is 87.1 Å². The Hall–Kier alpha value is -12.7. The van der Waals surface area contributed by atoms with E-state index in [1.54, 1.807) is 4.90 Å². The molecule has 18 rings (SSSR count). The highest BCUT2D eigenvalue weighted by Gasteiger charge is 2.36. The van der Waals surface area contributed by atoms with Crippen molar-refractivity contribution in [1.29, 1.82) is 0 Å². The fourth-order valence-electron chi connectivity index (χ4n) is 14.0. The van der Waals surface area contributed by atoms with E-state index < -0.39 is 0 Å². The van der Waals surface area contributed by atoms with E-state index in [0.29, 0.717) is 41.3 Å². The monoisotopic (exact) mass is 1220 g/mol. The first-order valence-electron chi connectivity index (χ1n) is 32.2. The lowest BCUT2D eigenvalue weighted by Gasteiger charge is -2.31. The van der Waals surface area contributed by atoms with Crippen molar-refractivity contribution >= 4 is 147 Å². The summed E-state index contributed by atoms with van der Waals surface area (Å²) in [6, 6.07) is 108. The van der Waals surface area contributed by atoms with Gasteiger partial charge in [0.2, 0.25) is 17.9 Å². The van der Waals surface area contributed by atoms with Gasteiger partial charge in [0.1, 0.15) is 0 Å². The van der Waals surface area contributed by atoms with Gasteiger partial charge in [-0.05, 0) is 154 Å². The van der Waals surface area contributed by atoms with E-state index in [9.17, 15) is 0 Å². The van der Waals surface area contributed by atoms with E-state index >= 15 is 0 Å². The van der Waals surface area contributed by atoms with Gasteiger partial charge in [0.15, 0.2) is 17.5 Å². The second-order valence-electron chi connectivity index (χ2n) is 24.4. The van der Waals surface area contributed by atoms with Gasteiger partial charge in [-0.25, -0.2) is 4.90 Å². The van der Waals surface area contributed by atoms with Crippen LogP contribution in [0.2, 0.25) is 0 Å². The standard InChI is InChI=1S/C85H58N10/c1-55-40-53-73-64(54-55)28-17-39-79(73)94(78-38-16-27-60-22-6-11-33-72(60)78)67-51-45-63(46-52-67)82-90-84-88-80(61-41-47-65(48-42-61)92(74-34-12-23-56-18-2-7-29-68(56)74)75-35-13-24-57-19-3-8-30-69(57)75)86-83-87-81(89-85(91-82)95(83)84)62-43-49-66(50-44-62)93(76-36-14-25-58-20-4-9-31-70(58)76)77-37-15-26-59-21-5-10-32-71(59)77/h2-53,55H,54H2,1H3. The highest BCUT2D eigenvalue weighted by Crippen LogP contribution is 2.46. The van der Waals surface area contributed by atoms with Gasteiger partial charge in [-0.15, -0.1) is 0 Å². The van der Waals surface area contributed by atoms with Crippen LogP contribution < -0.4 is 14.7 Å². The Kier molecular flexibility index (Phi) is 13.3. The summed E-state index contributed by atoms with van der Waals surface area (Å²) in [7, 11) is 0. The second-order valence-corrected chi connectivity index (χ2v) is 24.4. The lowest BCUT2D eigenvalue weighted by atomic mass is 9.89. The number of aliphatic imine (C=N–C) groups is 6. The molecular weight excluding hydrogens is 1160 g/mol. The van der Waals surface area contributed by atoms with E-state index in [1.165, 1.54) is 16.5 Å². The second kappa shape index (κ2) is 22.9. The average Bonchev–Trinajstić information content (AvgIpc) is 0.766. The molecule has 0 spiro atoms. The maximum absolute atomic E-state index is 5.28. The minimum absolute atomic E-state index is 0.363. The largest absolute Gasteiger partial charge is 0.309 e. The molecule has 0 bridgehead atoms. The highest BCUT2D eigenvalue weighted by molar-refractivity contribution is 6.34. The normalized spacial score (nSPS) is 14.7. The molecule has 0 fully saturated rings. The third kappa shape index (κ3) is 9.73.